The van der Waals surface area contributed by atoms with E-state index in [4.69, 9.17) is 0 Å². The van der Waals surface area contributed by atoms with Gasteiger partial charge in [-0.05, 0) is 35.9 Å². The Hall–Kier alpha value is -2.82. The van der Waals surface area contributed by atoms with Gasteiger partial charge in [-0.2, -0.15) is 0 Å². The van der Waals surface area contributed by atoms with Crippen LogP contribution in [0.3, 0.4) is 0 Å². The molecular weight excluding hydrogens is 290 g/mol. The molecule has 5 nitrogen and oxygen atoms in total. The SMILES string of the molecule is CN(C)c1ccc(NC(=O)CC2NC(=O)c3ccccc32)cc1. The van der Waals surface area contributed by atoms with Gasteiger partial charge in [0.2, 0.25) is 5.91 Å². The van der Waals surface area contributed by atoms with Gasteiger partial charge in [-0.3, -0.25) is 9.59 Å². The van der Waals surface area contributed by atoms with Gasteiger partial charge in [0.1, 0.15) is 0 Å². The van der Waals surface area contributed by atoms with Crippen LogP contribution >= 0.6 is 0 Å². The molecule has 1 atom stereocenters. The van der Waals surface area contributed by atoms with Crippen molar-refractivity contribution >= 4 is 23.2 Å². The highest BCUT2D eigenvalue weighted by Crippen LogP contribution is 2.27. The molecule has 118 valence electrons. The topological polar surface area (TPSA) is 61.4 Å². The van der Waals surface area contributed by atoms with Crippen LogP contribution < -0.4 is 15.5 Å². The number of fused-ring (bicyclic) bond motifs is 1. The van der Waals surface area contributed by atoms with Crippen LogP contribution in [-0.4, -0.2) is 25.9 Å². The summed E-state index contributed by atoms with van der Waals surface area (Å²) in [4.78, 5) is 26.1. The molecule has 1 unspecified atom stereocenters. The number of carbonyl (C=O) groups is 2. The number of hydrogen-bond acceptors (Lipinski definition) is 3. The fourth-order valence-electron chi connectivity index (χ4n) is 2.72. The lowest BCUT2D eigenvalue weighted by Gasteiger charge is -2.14. The van der Waals surface area contributed by atoms with E-state index in [0.29, 0.717) is 5.56 Å². The van der Waals surface area contributed by atoms with E-state index < -0.39 is 0 Å². The molecule has 1 aliphatic heterocycles. The number of nitrogens with zero attached hydrogens (tertiary/aromatic N) is 1. The average molecular weight is 309 g/mol. The van der Waals surface area contributed by atoms with Crippen molar-refractivity contribution in [2.45, 2.75) is 12.5 Å². The summed E-state index contributed by atoms with van der Waals surface area (Å²) in [5, 5.41) is 5.73. The highest BCUT2D eigenvalue weighted by molar-refractivity contribution is 6.00. The van der Waals surface area contributed by atoms with Crippen LogP contribution in [0.4, 0.5) is 11.4 Å². The minimum atomic E-state index is -0.264. The Morgan fingerprint density at radius 2 is 1.83 bits per heavy atom. The van der Waals surface area contributed by atoms with Crippen molar-refractivity contribution in [2.24, 2.45) is 0 Å². The predicted molar refractivity (Wildman–Crippen MR) is 90.7 cm³/mol. The summed E-state index contributed by atoms with van der Waals surface area (Å²) in [6.07, 6.45) is 0.220. The van der Waals surface area contributed by atoms with Gasteiger partial charge in [0, 0.05) is 31.0 Å². The third kappa shape index (κ3) is 3.18. The first-order valence-electron chi connectivity index (χ1n) is 7.51. The van der Waals surface area contributed by atoms with Gasteiger partial charge in [-0.1, -0.05) is 18.2 Å². The van der Waals surface area contributed by atoms with Crippen molar-refractivity contribution in [1.82, 2.24) is 5.32 Å². The number of hydrogen-bond donors (Lipinski definition) is 2. The third-order valence-electron chi connectivity index (χ3n) is 3.94. The molecule has 2 aromatic rings. The summed E-state index contributed by atoms with van der Waals surface area (Å²) in [6, 6.07) is 14.7. The maximum atomic E-state index is 12.2. The van der Waals surface area contributed by atoms with Gasteiger partial charge >= 0.3 is 0 Å². The summed E-state index contributed by atoms with van der Waals surface area (Å²) >= 11 is 0. The zero-order valence-electron chi connectivity index (χ0n) is 13.2. The minimum Gasteiger partial charge on any atom is -0.378 e. The minimum absolute atomic E-state index is 0.117. The number of benzene rings is 2. The zero-order chi connectivity index (χ0) is 16.4. The molecule has 3 rings (SSSR count). The number of amides is 2. The maximum absolute atomic E-state index is 12.2. The van der Waals surface area contributed by atoms with Gasteiger partial charge in [0.25, 0.3) is 5.91 Å². The van der Waals surface area contributed by atoms with Crippen LogP contribution in [-0.2, 0) is 4.79 Å². The van der Waals surface area contributed by atoms with Crippen molar-refractivity contribution in [3.63, 3.8) is 0 Å². The molecule has 1 aliphatic rings. The third-order valence-corrected chi connectivity index (χ3v) is 3.94. The summed E-state index contributed by atoms with van der Waals surface area (Å²) in [5.41, 5.74) is 3.36. The highest BCUT2D eigenvalue weighted by Gasteiger charge is 2.29. The Morgan fingerprint density at radius 1 is 1.13 bits per heavy atom. The van der Waals surface area contributed by atoms with E-state index >= 15 is 0 Å². The number of rotatable bonds is 4. The smallest absolute Gasteiger partial charge is 0.252 e. The van der Waals surface area contributed by atoms with Gasteiger partial charge in [-0.25, -0.2) is 0 Å². The number of carbonyl (C=O) groups excluding carboxylic acids is 2. The molecule has 0 aromatic heterocycles. The van der Waals surface area contributed by atoms with Crippen LogP contribution in [0.5, 0.6) is 0 Å². The zero-order valence-corrected chi connectivity index (χ0v) is 13.2. The highest BCUT2D eigenvalue weighted by atomic mass is 16.2. The van der Waals surface area contributed by atoms with Crippen LogP contribution in [0.2, 0.25) is 0 Å². The molecule has 23 heavy (non-hydrogen) atoms. The fraction of sp³-hybridized carbons (Fsp3) is 0.222. The van der Waals surface area contributed by atoms with E-state index in [-0.39, 0.29) is 24.3 Å². The van der Waals surface area contributed by atoms with E-state index in [1.54, 1.807) is 6.07 Å². The Balaban J connectivity index is 1.65. The van der Waals surface area contributed by atoms with Gasteiger partial charge in [-0.15, -0.1) is 0 Å². The van der Waals surface area contributed by atoms with Crippen LogP contribution in [0.25, 0.3) is 0 Å². The monoisotopic (exact) mass is 309 g/mol. The molecule has 5 heteroatoms. The summed E-state index contributed by atoms with van der Waals surface area (Å²) in [7, 11) is 3.93. The second kappa shape index (κ2) is 6.12. The van der Waals surface area contributed by atoms with E-state index in [9.17, 15) is 9.59 Å². The molecule has 0 saturated heterocycles. The van der Waals surface area contributed by atoms with E-state index in [1.165, 1.54) is 0 Å². The average Bonchev–Trinajstić information content (AvgIpc) is 2.84. The van der Waals surface area contributed by atoms with Crippen LogP contribution in [0.15, 0.2) is 48.5 Å². The second-order valence-electron chi connectivity index (χ2n) is 5.81. The quantitative estimate of drug-likeness (QED) is 0.912. The van der Waals surface area contributed by atoms with Crippen molar-refractivity contribution in [3.05, 3.63) is 59.7 Å². The first-order valence-corrected chi connectivity index (χ1v) is 7.51. The Bertz CT molecular complexity index is 738. The molecular formula is C18H19N3O2. The molecule has 0 bridgehead atoms. The van der Waals surface area contributed by atoms with Crippen molar-refractivity contribution in [1.29, 1.82) is 0 Å². The van der Waals surface area contributed by atoms with Crippen molar-refractivity contribution in [2.75, 3.05) is 24.3 Å². The van der Waals surface area contributed by atoms with Gasteiger partial charge in [0.05, 0.1) is 12.5 Å². The molecule has 0 aliphatic carbocycles. The van der Waals surface area contributed by atoms with Crippen molar-refractivity contribution < 1.29 is 9.59 Å². The van der Waals surface area contributed by atoms with E-state index in [0.717, 1.165) is 16.9 Å². The summed E-state index contributed by atoms with van der Waals surface area (Å²) in [6.45, 7) is 0. The Morgan fingerprint density at radius 3 is 2.52 bits per heavy atom. The van der Waals surface area contributed by atoms with E-state index in [2.05, 4.69) is 10.6 Å². The van der Waals surface area contributed by atoms with Crippen LogP contribution in [0.1, 0.15) is 28.4 Å². The number of anilines is 2. The normalized spacial score (nSPS) is 15.7. The lowest BCUT2D eigenvalue weighted by Crippen LogP contribution is -2.24. The Labute approximate surface area is 135 Å². The van der Waals surface area contributed by atoms with E-state index in [1.807, 2.05) is 61.5 Å². The van der Waals surface area contributed by atoms with Crippen molar-refractivity contribution in [3.8, 4) is 0 Å². The predicted octanol–water partition coefficient (Wildman–Crippen LogP) is 2.57. The molecule has 0 spiro atoms. The molecule has 0 saturated carbocycles. The van der Waals surface area contributed by atoms with Crippen LogP contribution in [0, 0.1) is 0 Å². The Kier molecular flexibility index (Phi) is 4.02. The molecule has 2 amide bonds. The largest absolute Gasteiger partial charge is 0.378 e. The molecule has 1 heterocycles. The molecule has 2 aromatic carbocycles. The fourth-order valence-corrected chi connectivity index (χ4v) is 2.72. The summed E-state index contributed by atoms with van der Waals surface area (Å²) in [5.74, 6) is -0.238. The number of nitrogens with one attached hydrogen (secondary N) is 2. The first kappa shape index (κ1) is 15.1. The first-order chi connectivity index (χ1) is 11.0. The molecule has 2 N–H and O–H groups in total. The molecule has 0 fully saturated rings. The standard InChI is InChI=1S/C18H19N3O2/c1-21(2)13-9-7-12(8-10-13)19-17(22)11-16-14-5-3-4-6-15(14)18(23)20-16/h3-10,16H,11H2,1-2H3,(H,19,22)(H,20,23). The maximum Gasteiger partial charge on any atom is 0.252 e. The second-order valence-corrected chi connectivity index (χ2v) is 5.81. The lowest BCUT2D eigenvalue weighted by molar-refractivity contribution is -0.116. The van der Waals surface area contributed by atoms with Gasteiger partial charge < -0.3 is 15.5 Å². The van der Waals surface area contributed by atoms with Gasteiger partial charge in [0.15, 0.2) is 0 Å². The molecule has 0 radical (unpaired) electrons. The summed E-state index contributed by atoms with van der Waals surface area (Å²) < 4.78 is 0. The lowest BCUT2D eigenvalue weighted by atomic mass is 10.0.